The van der Waals surface area contributed by atoms with Gasteiger partial charge in [-0.2, -0.15) is 0 Å². The van der Waals surface area contributed by atoms with Gasteiger partial charge in [-0.25, -0.2) is 4.98 Å². The molecule has 19 heavy (non-hydrogen) atoms. The molecule has 1 atom stereocenters. The molecule has 1 heterocycles. The smallest absolute Gasteiger partial charge is 0.272 e. The van der Waals surface area contributed by atoms with E-state index in [4.69, 9.17) is 5.73 Å². The lowest BCUT2D eigenvalue weighted by Gasteiger charge is -2.23. The van der Waals surface area contributed by atoms with Gasteiger partial charge < -0.3 is 10.6 Å². The fraction of sp³-hybridized carbons (Fsp3) is 0.333. The number of fused-ring (bicyclic) bond motifs is 1. The molecule has 1 amide bonds. The first-order valence-corrected chi connectivity index (χ1v) is 6.47. The van der Waals surface area contributed by atoms with Gasteiger partial charge in [0.2, 0.25) is 0 Å². The molecule has 2 aromatic rings. The van der Waals surface area contributed by atoms with Gasteiger partial charge in [0.05, 0.1) is 0 Å². The highest BCUT2D eigenvalue weighted by molar-refractivity contribution is 5.99. The van der Waals surface area contributed by atoms with Gasteiger partial charge in [0, 0.05) is 18.5 Å². The number of hydrogen-bond acceptors (Lipinski definition) is 3. The highest BCUT2D eigenvalue weighted by atomic mass is 16.2. The molecule has 1 aromatic heterocycles. The number of nitrogens with zero attached hydrogens (tertiary/aromatic N) is 2. The molecule has 2 N–H and O–H groups in total. The van der Waals surface area contributed by atoms with E-state index in [1.807, 2.05) is 31.2 Å². The van der Waals surface area contributed by atoms with E-state index in [1.165, 1.54) is 0 Å². The minimum atomic E-state index is -0.0909. The van der Waals surface area contributed by atoms with E-state index in [2.05, 4.69) is 11.9 Å². The molecule has 0 saturated heterocycles. The largest absolute Gasteiger partial charge is 0.383 e. The maximum Gasteiger partial charge on any atom is 0.272 e. The van der Waals surface area contributed by atoms with Crippen LogP contribution in [0.3, 0.4) is 0 Å². The summed E-state index contributed by atoms with van der Waals surface area (Å²) in [5.74, 6) is 0.311. The number of aromatic nitrogens is 1. The van der Waals surface area contributed by atoms with Crippen LogP contribution in [0.4, 0.5) is 5.82 Å². The second kappa shape index (κ2) is 5.26. The fourth-order valence-corrected chi connectivity index (χ4v) is 1.99. The van der Waals surface area contributed by atoms with Crippen molar-refractivity contribution in [1.29, 1.82) is 0 Å². The predicted molar refractivity (Wildman–Crippen MR) is 78.0 cm³/mol. The number of amides is 1. The van der Waals surface area contributed by atoms with E-state index >= 15 is 0 Å². The van der Waals surface area contributed by atoms with E-state index in [0.717, 1.165) is 17.2 Å². The standard InChI is InChI=1S/C15H19N3O/c1-4-10(2)18(3)15(19)13-9-11-7-5-6-8-12(11)14(16)17-13/h5-10H,4H2,1-3H3,(H2,16,17). The van der Waals surface area contributed by atoms with Crippen molar-refractivity contribution in [3.05, 3.63) is 36.0 Å². The van der Waals surface area contributed by atoms with Crippen molar-refractivity contribution in [3.63, 3.8) is 0 Å². The number of hydrogen-bond donors (Lipinski definition) is 1. The Morgan fingerprint density at radius 2 is 2.11 bits per heavy atom. The van der Waals surface area contributed by atoms with Crippen LogP contribution in [0.1, 0.15) is 30.8 Å². The molecule has 0 bridgehead atoms. The third kappa shape index (κ3) is 2.52. The molecule has 1 aromatic carbocycles. The number of anilines is 1. The summed E-state index contributed by atoms with van der Waals surface area (Å²) in [4.78, 5) is 18.3. The molecule has 0 fully saturated rings. The van der Waals surface area contributed by atoms with E-state index < -0.39 is 0 Å². The summed E-state index contributed by atoms with van der Waals surface area (Å²) in [5.41, 5.74) is 6.32. The van der Waals surface area contributed by atoms with Crippen LogP contribution in [0.2, 0.25) is 0 Å². The number of rotatable bonds is 3. The number of pyridine rings is 1. The monoisotopic (exact) mass is 257 g/mol. The van der Waals surface area contributed by atoms with Crippen molar-refractivity contribution in [1.82, 2.24) is 9.88 Å². The highest BCUT2D eigenvalue weighted by Crippen LogP contribution is 2.21. The number of carbonyl (C=O) groups is 1. The molecular formula is C15H19N3O. The number of benzene rings is 1. The van der Waals surface area contributed by atoms with Gasteiger partial charge >= 0.3 is 0 Å². The molecular weight excluding hydrogens is 238 g/mol. The molecule has 0 aliphatic heterocycles. The Kier molecular flexibility index (Phi) is 3.69. The van der Waals surface area contributed by atoms with Crippen LogP contribution < -0.4 is 5.73 Å². The first-order valence-electron chi connectivity index (χ1n) is 6.47. The van der Waals surface area contributed by atoms with Gasteiger partial charge in [-0.3, -0.25) is 4.79 Å². The lowest BCUT2D eigenvalue weighted by molar-refractivity contribution is 0.0735. The zero-order chi connectivity index (χ0) is 14.0. The first kappa shape index (κ1) is 13.3. The summed E-state index contributed by atoms with van der Waals surface area (Å²) >= 11 is 0. The van der Waals surface area contributed by atoms with Crippen molar-refractivity contribution in [2.24, 2.45) is 0 Å². The second-order valence-electron chi connectivity index (χ2n) is 4.79. The average molecular weight is 257 g/mol. The topological polar surface area (TPSA) is 59.2 Å². The van der Waals surface area contributed by atoms with E-state index in [-0.39, 0.29) is 11.9 Å². The predicted octanol–water partition coefficient (Wildman–Crippen LogP) is 2.69. The molecule has 4 heteroatoms. The van der Waals surface area contributed by atoms with Crippen molar-refractivity contribution >= 4 is 22.5 Å². The summed E-state index contributed by atoms with van der Waals surface area (Å²) in [6.07, 6.45) is 0.908. The number of carbonyl (C=O) groups excluding carboxylic acids is 1. The van der Waals surface area contributed by atoms with Crippen molar-refractivity contribution in [3.8, 4) is 0 Å². The lowest BCUT2D eigenvalue weighted by atomic mass is 10.1. The van der Waals surface area contributed by atoms with Crippen LogP contribution >= 0.6 is 0 Å². The molecule has 0 aliphatic carbocycles. The third-order valence-corrected chi connectivity index (χ3v) is 3.56. The van der Waals surface area contributed by atoms with Gasteiger partial charge in [0.25, 0.3) is 5.91 Å². The van der Waals surface area contributed by atoms with Gasteiger partial charge in [-0.15, -0.1) is 0 Å². The maximum atomic E-state index is 12.3. The number of nitrogen functional groups attached to an aromatic ring is 1. The Bertz CT molecular complexity index is 609. The molecule has 4 nitrogen and oxygen atoms in total. The molecule has 100 valence electrons. The Balaban J connectivity index is 2.43. The summed E-state index contributed by atoms with van der Waals surface area (Å²) in [6.45, 7) is 4.07. The van der Waals surface area contributed by atoms with E-state index in [9.17, 15) is 4.79 Å². The Labute approximate surface area is 113 Å². The van der Waals surface area contributed by atoms with Crippen molar-refractivity contribution in [2.45, 2.75) is 26.3 Å². The zero-order valence-corrected chi connectivity index (χ0v) is 11.6. The van der Waals surface area contributed by atoms with Gasteiger partial charge in [-0.05, 0) is 24.8 Å². The summed E-state index contributed by atoms with van der Waals surface area (Å²) in [7, 11) is 1.80. The maximum absolute atomic E-state index is 12.3. The highest BCUT2D eigenvalue weighted by Gasteiger charge is 2.18. The van der Waals surface area contributed by atoms with Crippen LogP contribution in [0.5, 0.6) is 0 Å². The minimum Gasteiger partial charge on any atom is -0.383 e. The third-order valence-electron chi connectivity index (χ3n) is 3.56. The van der Waals surface area contributed by atoms with E-state index in [1.54, 1.807) is 18.0 Å². The molecule has 2 rings (SSSR count). The first-order chi connectivity index (χ1) is 9.04. The normalized spacial score (nSPS) is 12.4. The summed E-state index contributed by atoms with van der Waals surface area (Å²) in [6, 6.07) is 9.66. The van der Waals surface area contributed by atoms with Gasteiger partial charge in [-0.1, -0.05) is 31.2 Å². The van der Waals surface area contributed by atoms with Crippen LogP contribution in [0.15, 0.2) is 30.3 Å². The van der Waals surface area contributed by atoms with Crippen molar-refractivity contribution < 1.29 is 4.79 Å². The number of nitrogens with two attached hydrogens (primary N) is 1. The van der Waals surface area contributed by atoms with E-state index in [0.29, 0.717) is 11.5 Å². The summed E-state index contributed by atoms with van der Waals surface area (Å²) in [5, 5.41) is 1.82. The second-order valence-corrected chi connectivity index (χ2v) is 4.79. The minimum absolute atomic E-state index is 0.0909. The zero-order valence-electron chi connectivity index (χ0n) is 11.6. The quantitative estimate of drug-likeness (QED) is 0.919. The van der Waals surface area contributed by atoms with Gasteiger partial charge in [0.15, 0.2) is 0 Å². The SMILES string of the molecule is CCC(C)N(C)C(=O)c1cc2ccccc2c(N)n1. The lowest BCUT2D eigenvalue weighted by Crippen LogP contribution is -2.35. The fourth-order valence-electron chi connectivity index (χ4n) is 1.99. The Morgan fingerprint density at radius 1 is 1.42 bits per heavy atom. The van der Waals surface area contributed by atoms with Crippen LogP contribution in [0, 0.1) is 0 Å². The molecule has 0 saturated carbocycles. The summed E-state index contributed by atoms with van der Waals surface area (Å²) < 4.78 is 0. The molecule has 0 aliphatic rings. The van der Waals surface area contributed by atoms with Crippen LogP contribution in [-0.2, 0) is 0 Å². The van der Waals surface area contributed by atoms with Crippen LogP contribution in [-0.4, -0.2) is 28.9 Å². The van der Waals surface area contributed by atoms with Crippen LogP contribution in [0.25, 0.3) is 10.8 Å². The Hall–Kier alpha value is -2.10. The van der Waals surface area contributed by atoms with Gasteiger partial charge in [0.1, 0.15) is 11.5 Å². The molecule has 0 spiro atoms. The average Bonchev–Trinajstić information content (AvgIpc) is 2.44. The molecule has 1 unspecified atom stereocenters. The van der Waals surface area contributed by atoms with Crippen molar-refractivity contribution in [2.75, 3.05) is 12.8 Å². The Morgan fingerprint density at radius 3 is 2.79 bits per heavy atom. The molecule has 0 radical (unpaired) electrons.